The van der Waals surface area contributed by atoms with Crippen LogP contribution in [0.25, 0.3) is 11.2 Å². The molecular weight excluding hydrogens is 342 g/mol. The minimum atomic E-state index is -0.217. The Bertz CT molecular complexity index is 945. The maximum atomic E-state index is 11.4. The lowest BCUT2D eigenvalue weighted by atomic mass is 9.96. The van der Waals surface area contributed by atoms with Crippen molar-refractivity contribution in [3.8, 4) is 0 Å². The fourth-order valence-corrected chi connectivity index (χ4v) is 3.50. The summed E-state index contributed by atoms with van der Waals surface area (Å²) in [5, 5.41) is 8.70. The van der Waals surface area contributed by atoms with E-state index >= 15 is 0 Å². The van der Waals surface area contributed by atoms with Crippen LogP contribution >= 0.6 is 0 Å². The van der Waals surface area contributed by atoms with E-state index in [1.165, 1.54) is 0 Å². The van der Waals surface area contributed by atoms with E-state index in [1.54, 1.807) is 0 Å². The summed E-state index contributed by atoms with van der Waals surface area (Å²) in [6, 6.07) is 10.1. The van der Waals surface area contributed by atoms with Crippen LogP contribution in [-0.2, 0) is 17.8 Å². The summed E-state index contributed by atoms with van der Waals surface area (Å²) in [5.74, 6) is 1.30. The molecule has 3 heterocycles. The molecule has 0 bridgehead atoms. The Morgan fingerprint density at radius 1 is 1.19 bits per heavy atom. The summed E-state index contributed by atoms with van der Waals surface area (Å²) < 4.78 is 1.82. The second-order valence-electron chi connectivity index (χ2n) is 6.89. The van der Waals surface area contributed by atoms with Crippen LogP contribution in [0.3, 0.4) is 0 Å². The molecule has 8 nitrogen and oxygen atoms in total. The molecule has 1 aliphatic rings. The zero-order valence-corrected chi connectivity index (χ0v) is 15.4. The highest BCUT2D eigenvalue weighted by molar-refractivity contribution is 5.83. The normalized spacial score (nSPS) is 15.4. The van der Waals surface area contributed by atoms with Crippen molar-refractivity contribution in [1.29, 1.82) is 0 Å². The van der Waals surface area contributed by atoms with Gasteiger partial charge in [0.05, 0.1) is 6.54 Å². The SMILES string of the molecule is CCc1nc(N2CCC(C(N)=O)CC2)c2nnn(Cc3ccccc3)c2n1. The summed E-state index contributed by atoms with van der Waals surface area (Å²) in [6.07, 6.45) is 2.21. The highest BCUT2D eigenvalue weighted by atomic mass is 16.1. The number of amides is 1. The summed E-state index contributed by atoms with van der Waals surface area (Å²) in [4.78, 5) is 23.0. The number of aryl methyl sites for hydroxylation is 1. The number of nitrogens with two attached hydrogens (primary N) is 1. The van der Waals surface area contributed by atoms with Gasteiger partial charge in [-0.1, -0.05) is 42.5 Å². The number of primary amides is 1. The fourth-order valence-electron chi connectivity index (χ4n) is 3.50. The first kappa shape index (κ1) is 17.4. The highest BCUT2D eigenvalue weighted by Gasteiger charge is 2.26. The Balaban J connectivity index is 1.68. The number of carbonyl (C=O) groups excluding carboxylic acids is 1. The van der Waals surface area contributed by atoms with Crippen LogP contribution in [0.4, 0.5) is 5.82 Å². The molecular formula is C19H23N7O. The maximum absolute atomic E-state index is 11.4. The van der Waals surface area contributed by atoms with E-state index in [4.69, 9.17) is 10.7 Å². The summed E-state index contributed by atoms with van der Waals surface area (Å²) >= 11 is 0. The highest BCUT2D eigenvalue weighted by Crippen LogP contribution is 2.27. The quantitative estimate of drug-likeness (QED) is 0.735. The summed E-state index contributed by atoms with van der Waals surface area (Å²) in [5.41, 5.74) is 8.06. The Labute approximate surface area is 157 Å². The van der Waals surface area contributed by atoms with E-state index in [0.29, 0.717) is 12.1 Å². The molecule has 0 spiro atoms. The molecule has 0 radical (unpaired) electrons. The number of carbonyl (C=O) groups is 1. The molecule has 1 aliphatic heterocycles. The molecule has 0 atom stereocenters. The Morgan fingerprint density at radius 2 is 1.93 bits per heavy atom. The van der Waals surface area contributed by atoms with Crippen molar-refractivity contribution in [2.45, 2.75) is 32.7 Å². The Kier molecular flexibility index (Phi) is 4.70. The second-order valence-corrected chi connectivity index (χ2v) is 6.89. The number of aromatic nitrogens is 5. The van der Waals surface area contributed by atoms with Crippen LogP contribution in [0.15, 0.2) is 30.3 Å². The molecule has 8 heteroatoms. The first-order valence-corrected chi connectivity index (χ1v) is 9.34. The molecule has 1 fully saturated rings. The lowest BCUT2D eigenvalue weighted by Crippen LogP contribution is -2.39. The van der Waals surface area contributed by atoms with Crippen LogP contribution in [0.1, 0.15) is 31.2 Å². The summed E-state index contributed by atoms with van der Waals surface area (Å²) in [6.45, 7) is 4.11. The largest absolute Gasteiger partial charge is 0.369 e. The standard InChI is InChI=1S/C19H23N7O/c1-2-15-21-18(25-10-8-14(9-11-25)17(20)27)16-19(22-15)26(24-23-16)12-13-6-4-3-5-7-13/h3-7,14H,2,8-12H2,1H3,(H2,20,27). The van der Waals surface area contributed by atoms with Crippen molar-refractivity contribution in [2.24, 2.45) is 11.7 Å². The number of piperidine rings is 1. The lowest BCUT2D eigenvalue weighted by Gasteiger charge is -2.31. The van der Waals surface area contributed by atoms with E-state index in [2.05, 4.69) is 32.3 Å². The lowest BCUT2D eigenvalue weighted by molar-refractivity contribution is -0.122. The van der Waals surface area contributed by atoms with E-state index < -0.39 is 0 Å². The van der Waals surface area contributed by atoms with Crippen LogP contribution in [0, 0.1) is 5.92 Å². The van der Waals surface area contributed by atoms with E-state index in [0.717, 1.165) is 55.2 Å². The zero-order chi connectivity index (χ0) is 18.8. The Hall–Kier alpha value is -3.03. The molecule has 1 saturated heterocycles. The molecule has 0 saturated carbocycles. The molecule has 1 aromatic carbocycles. The monoisotopic (exact) mass is 365 g/mol. The topological polar surface area (TPSA) is 103 Å². The van der Waals surface area contributed by atoms with Crippen LogP contribution in [0.2, 0.25) is 0 Å². The van der Waals surface area contributed by atoms with Crippen molar-refractivity contribution in [3.05, 3.63) is 41.7 Å². The van der Waals surface area contributed by atoms with Crippen molar-refractivity contribution in [1.82, 2.24) is 25.0 Å². The number of rotatable bonds is 5. The van der Waals surface area contributed by atoms with Crippen LogP contribution in [0.5, 0.6) is 0 Å². The van der Waals surface area contributed by atoms with Gasteiger partial charge >= 0.3 is 0 Å². The third-order valence-corrected chi connectivity index (χ3v) is 5.08. The van der Waals surface area contributed by atoms with Crippen LogP contribution < -0.4 is 10.6 Å². The van der Waals surface area contributed by atoms with Gasteiger partial charge in [-0.25, -0.2) is 14.6 Å². The molecule has 1 amide bonds. The van der Waals surface area contributed by atoms with Gasteiger partial charge in [-0.15, -0.1) is 5.10 Å². The molecule has 140 valence electrons. The molecule has 27 heavy (non-hydrogen) atoms. The molecule has 2 N–H and O–H groups in total. The number of anilines is 1. The van der Waals surface area contributed by atoms with Gasteiger partial charge in [-0.2, -0.15) is 0 Å². The van der Waals surface area contributed by atoms with Crippen molar-refractivity contribution < 1.29 is 4.79 Å². The third-order valence-electron chi connectivity index (χ3n) is 5.08. The minimum absolute atomic E-state index is 0.0574. The predicted octanol–water partition coefficient (Wildman–Crippen LogP) is 1.53. The molecule has 2 aromatic heterocycles. The van der Waals surface area contributed by atoms with Gasteiger partial charge in [0.15, 0.2) is 17.0 Å². The van der Waals surface area contributed by atoms with Gasteiger partial charge in [-0.05, 0) is 18.4 Å². The van der Waals surface area contributed by atoms with Crippen molar-refractivity contribution in [3.63, 3.8) is 0 Å². The number of benzene rings is 1. The first-order valence-electron chi connectivity index (χ1n) is 9.34. The molecule has 3 aromatic rings. The van der Waals surface area contributed by atoms with Crippen LogP contribution in [-0.4, -0.2) is 44.0 Å². The van der Waals surface area contributed by atoms with Gasteiger partial charge in [0, 0.05) is 25.4 Å². The Morgan fingerprint density at radius 3 is 2.59 bits per heavy atom. The number of fused-ring (bicyclic) bond motifs is 1. The van der Waals surface area contributed by atoms with Crippen molar-refractivity contribution >= 4 is 22.9 Å². The number of hydrogen-bond acceptors (Lipinski definition) is 6. The van der Waals surface area contributed by atoms with Gasteiger partial charge in [-0.3, -0.25) is 4.79 Å². The fraction of sp³-hybridized carbons (Fsp3) is 0.421. The van der Waals surface area contributed by atoms with E-state index in [1.807, 2.05) is 29.8 Å². The minimum Gasteiger partial charge on any atom is -0.369 e. The number of hydrogen-bond donors (Lipinski definition) is 1. The maximum Gasteiger partial charge on any atom is 0.220 e. The average Bonchev–Trinajstić information content (AvgIpc) is 3.10. The average molecular weight is 365 g/mol. The molecule has 0 unspecified atom stereocenters. The predicted molar refractivity (Wildman–Crippen MR) is 102 cm³/mol. The van der Waals surface area contributed by atoms with E-state index in [9.17, 15) is 4.79 Å². The van der Waals surface area contributed by atoms with Gasteiger partial charge in [0.25, 0.3) is 0 Å². The second kappa shape index (κ2) is 7.30. The smallest absolute Gasteiger partial charge is 0.220 e. The molecule has 4 rings (SSSR count). The summed E-state index contributed by atoms with van der Waals surface area (Å²) in [7, 11) is 0. The zero-order valence-electron chi connectivity index (χ0n) is 15.4. The number of nitrogens with zero attached hydrogens (tertiary/aromatic N) is 6. The third kappa shape index (κ3) is 3.47. The van der Waals surface area contributed by atoms with Gasteiger partial charge in [0.2, 0.25) is 5.91 Å². The van der Waals surface area contributed by atoms with E-state index in [-0.39, 0.29) is 11.8 Å². The van der Waals surface area contributed by atoms with Crippen molar-refractivity contribution in [2.75, 3.05) is 18.0 Å². The van der Waals surface area contributed by atoms with Gasteiger partial charge < -0.3 is 10.6 Å². The molecule has 0 aliphatic carbocycles. The van der Waals surface area contributed by atoms with Gasteiger partial charge in [0.1, 0.15) is 5.82 Å². The first-order chi connectivity index (χ1) is 13.2.